The molecule has 7 heteroatoms. The number of carbonyl (C=O) groups excluding carboxylic acids is 1. The minimum absolute atomic E-state index is 0.0226. The lowest BCUT2D eigenvalue weighted by Gasteiger charge is -2.38. The third kappa shape index (κ3) is 4.59. The third-order valence-corrected chi connectivity index (χ3v) is 10.6. The molecule has 0 bridgehead atoms. The Labute approximate surface area is 174 Å². The van der Waals surface area contributed by atoms with E-state index in [1.807, 2.05) is 44.2 Å². The molecule has 0 saturated carbocycles. The molecular formula is C22H34O6Si. The molecule has 0 N–H and O–H groups in total. The van der Waals surface area contributed by atoms with E-state index in [0.29, 0.717) is 6.61 Å². The van der Waals surface area contributed by atoms with Crippen molar-refractivity contribution in [3.8, 4) is 0 Å². The smallest absolute Gasteiger partial charge is 0.344 e. The minimum Gasteiger partial charge on any atom is -0.455 e. The van der Waals surface area contributed by atoms with Crippen LogP contribution >= 0.6 is 0 Å². The summed E-state index contributed by atoms with van der Waals surface area (Å²) < 4.78 is 30.0. The van der Waals surface area contributed by atoms with Crippen molar-refractivity contribution in [1.82, 2.24) is 0 Å². The zero-order chi connectivity index (χ0) is 21.5. The molecule has 2 fully saturated rings. The van der Waals surface area contributed by atoms with Crippen molar-refractivity contribution >= 4 is 14.3 Å². The van der Waals surface area contributed by atoms with Crippen LogP contribution in [0.3, 0.4) is 0 Å². The standard InChI is InChI=1S/C22H34O6Si/c1-20(2,3)29(6,7)25-15-22-18(27-21(4,5)28-22)17(26-19(22)23)14-24-13-16-11-9-8-10-12-16/h8-12,17-18H,13-15H2,1-7H3/t17-,18-,22-/m1/s1. The van der Waals surface area contributed by atoms with Crippen molar-refractivity contribution in [3.05, 3.63) is 35.9 Å². The fourth-order valence-corrected chi connectivity index (χ4v) is 4.43. The molecule has 3 atom stereocenters. The van der Waals surface area contributed by atoms with Crippen LogP contribution in [0.2, 0.25) is 18.1 Å². The number of hydrogen-bond donors (Lipinski definition) is 0. The van der Waals surface area contributed by atoms with Gasteiger partial charge in [0.25, 0.3) is 0 Å². The van der Waals surface area contributed by atoms with Gasteiger partial charge in [-0.15, -0.1) is 0 Å². The quantitative estimate of drug-likeness (QED) is 0.488. The summed E-state index contributed by atoms with van der Waals surface area (Å²) in [5.74, 6) is -1.32. The summed E-state index contributed by atoms with van der Waals surface area (Å²) in [5.41, 5.74) is -0.187. The van der Waals surface area contributed by atoms with E-state index in [2.05, 4.69) is 33.9 Å². The van der Waals surface area contributed by atoms with Gasteiger partial charge in [-0.25, -0.2) is 4.79 Å². The highest BCUT2D eigenvalue weighted by Gasteiger charge is 2.68. The van der Waals surface area contributed by atoms with Crippen LogP contribution in [0.4, 0.5) is 0 Å². The summed E-state index contributed by atoms with van der Waals surface area (Å²) in [6.07, 6.45) is -1.10. The molecule has 0 amide bonds. The van der Waals surface area contributed by atoms with E-state index in [1.54, 1.807) is 0 Å². The number of esters is 1. The maximum absolute atomic E-state index is 12.9. The number of fused-ring (bicyclic) bond motifs is 1. The lowest BCUT2D eigenvalue weighted by molar-refractivity contribution is -0.204. The van der Waals surface area contributed by atoms with Gasteiger partial charge in [-0.1, -0.05) is 51.1 Å². The highest BCUT2D eigenvalue weighted by Crippen LogP contribution is 2.46. The van der Waals surface area contributed by atoms with Gasteiger partial charge in [-0.05, 0) is 37.5 Å². The van der Waals surface area contributed by atoms with E-state index >= 15 is 0 Å². The summed E-state index contributed by atoms with van der Waals surface area (Å²) in [5, 5.41) is 0.0226. The molecule has 2 saturated heterocycles. The average molecular weight is 423 g/mol. The van der Waals surface area contributed by atoms with Crippen molar-refractivity contribution in [1.29, 1.82) is 0 Å². The molecular weight excluding hydrogens is 388 g/mol. The van der Waals surface area contributed by atoms with Crippen molar-refractivity contribution in [2.24, 2.45) is 0 Å². The second-order valence-corrected chi connectivity index (χ2v) is 14.7. The van der Waals surface area contributed by atoms with E-state index in [9.17, 15) is 4.79 Å². The van der Waals surface area contributed by atoms with Gasteiger partial charge in [0.2, 0.25) is 5.60 Å². The molecule has 3 rings (SSSR count). The largest absolute Gasteiger partial charge is 0.455 e. The van der Waals surface area contributed by atoms with Gasteiger partial charge in [0, 0.05) is 0 Å². The topological polar surface area (TPSA) is 63.2 Å². The number of cyclic esters (lactones) is 1. The molecule has 0 radical (unpaired) electrons. The van der Waals surface area contributed by atoms with Crippen LogP contribution in [-0.2, 0) is 34.8 Å². The first kappa shape index (κ1) is 22.4. The van der Waals surface area contributed by atoms with Gasteiger partial charge in [-0.3, -0.25) is 0 Å². The van der Waals surface area contributed by atoms with Crippen LogP contribution in [0, 0.1) is 0 Å². The van der Waals surface area contributed by atoms with Crippen molar-refractivity contribution in [3.63, 3.8) is 0 Å². The average Bonchev–Trinajstić information content (AvgIpc) is 3.03. The van der Waals surface area contributed by atoms with Gasteiger partial charge in [0.15, 0.2) is 20.2 Å². The Kier molecular flexibility index (Phi) is 6.02. The summed E-state index contributed by atoms with van der Waals surface area (Å²) in [4.78, 5) is 12.9. The number of ether oxygens (including phenoxy) is 4. The molecule has 29 heavy (non-hydrogen) atoms. The van der Waals surface area contributed by atoms with Crippen LogP contribution in [0.25, 0.3) is 0 Å². The summed E-state index contributed by atoms with van der Waals surface area (Å²) >= 11 is 0. The normalized spacial score (nSPS) is 29.0. The Morgan fingerprint density at radius 3 is 2.41 bits per heavy atom. The maximum atomic E-state index is 12.9. The van der Waals surface area contributed by atoms with Crippen LogP contribution in [-0.4, -0.2) is 51.1 Å². The van der Waals surface area contributed by atoms with E-state index in [-0.39, 0.29) is 18.3 Å². The van der Waals surface area contributed by atoms with Crippen molar-refractivity contribution < 1.29 is 28.2 Å². The lowest BCUT2D eigenvalue weighted by Crippen LogP contribution is -2.53. The van der Waals surface area contributed by atoms with Gasteiger partial charge in [-0.2, -0.15) is 0 Å². The highest BCUT2D eigenvalue weighted by molar-refractivity contribution is 6.74. The van der Waals surface area contributed by atoms with Crippen molar-refractivity contribution in [2.75, 3.05) is 13.2 Å². The Hall–Kier alpha value is -1.25. The van der Waals surface area contributed by atoms with Crippen LogP contribution in [0.5, 0.6) is 0 Å². The first-order valence-corrected chi connectivity index (χ1v) is 13.1. The van der Waals surface area contributed by atoms with Gasteiger partial charge in [0.05, 0.1) is 19.8 Å². The summed E-state index contributed by atoms with van der Waals surface area (Å²) in [6, 6.07) is 9.89. The second-order valence-electron chi connectivity index (χ2n) is 9.92. The molecule has 162 valence electrons. The van der Waals surface area contributed by atoms with Gasteiger partial charge in [0.1, 0.15) is 6.10 Å². The molecule has 1 aromatic rings. The molecule has 2 aliphatic rings. The first-order valence-electron chi connectivity index (χ1n) is 10.2. The predicted molar refractivity (Wildman–Crippen MR) is 112 cm³/mol. The molecule has 0 spiro atoms. The molecule has 1 aromatic carbocycles. The predicted octanol–water partition coefficient (Wildman–Crippen LogP) is 4.04. The number of carbonyl (C=O) groups is 1. The number of benzene rings is 1. The zero-order valence-electron chi connectivity index (χ0n) is 18.6. The zero-order valence-corrected chi connectivity index (χ0v) is 19.6. The molecule has 2 aliphatic heterocycles. The van der Waals surface area contributed by atoms with E-state index in [4.69, 9.17) is 23.4 Å². The van der Waals surface area contributed by atoms with Crippen LogP contribution < -0.4 is 0 Å². The molecule has 6 nitrogen and oxygen atoms in total. The first-order chi connectivity index (χ1) is 13.4. The second kappa shape index (κ2) is 7.78. The summed E-state index contributed by atoms with van der Waals surface area (Å²) in [7, 11) is -2.08. The van der Waals surface area contributed by atoms with Gasteiger partial charge >= 0.3 is 5.97 Å². The van der Waals surface area contributed by atoms with E-state index < -0.39 is 37.9 Å². The fourth-order valence-electron chi connectivity index (χ4n) is 3.42. The molecule has 0 aliphatic carbocycles. The maximum Gasteiger partial charge on any atom is 0.344 e. The van der Waals surface area contributed by atoms with E-state index in [0.717, 1.165) is 5.56 Å². The van der Waals surface area contributed by atoms with Crippen LogP contribution in [0.1, 0.15) is 40.2 Å². The third-order valence-electron chi connectivity index (χ3n) is 6.09. The van der Waals surface area contributed by atoms with Gasteiger partial charge < -0.3 is 23.4 Å². The SMILES string of the molecule is CC1(C)O[C@@H]2[C@@H](COCc3ccccc3)OC(=O)[C@]2(CO[Si](C)(C)C(C)(C)C)O1. The Morgan fingerprint density at radius 1 is 1.14 bits per heavy atom. The lowest BCUT2D eigenvalue weighted by atomic mass is 9.97. The Balaban J connectivity index is 1.71. The molecule has 0 unspecified atom stereocenters. The highest BCUT2D eigenvalue weighted by atomic mass is 28.4. The molecule has 0 aromatic heterocycles. The molecule has 2 heterocycles. The Morgan fingerprint density at radius 2 is 1.79 bits per heavy atom. The minimum atomic E-state index is -2.08. The fraction of sp³-hybridized carbons (Fsp3) is 0.682. The number of rotatable bonds is 7. The van der Waals surface area contributed by atoms with Crippen molar-refractivity contribution in [2.45, 2.75) is 83.0 Å². The van der Waals surface area contributed by atoms with E-state index in [1.165, 1.54) is 0 Å². The van der Waals surface area contributed by atoms with Crippen LogP contribution in [0.15, 0.2) is 30.3 Å². The summed E-state index contributed by atoms with van der Waals surface area (Å²) in [6.45, 7) is 15.2. The number of hydrogen-bond acceptors (Lipinski definition) is 6. The monoisotopic (exact) mass is 422 g/mol. The Bertz CT molecular complexity index is 727.